The van der Waals surface area contributed by atoms with Crippen molar-refractivity contribution in [1.29, 1.82) is 0 Å². The van der Waals surface area contributed by atoms with Gasteiger partial charge in [0.05, 0.1) is 5.52 Å². The standard InChI is InChI=1S/C26H22F3N7.3ClH/c27-26(28,29)24(35-11-9-20(30)15-35)19-6-8-23-33-34-25(36(23)14-19)21-7-5-16-3-4-17(12-22(16)32-21)18-2-1-10-31-13-18;;;/h1-8,10,12-14,20,24H,9,11,15,30H2;3*1H/t20-,24?;;;/m0.../s1. The number of alkyl halides is 3. The van der Waals surface area contributed by atoms with Gasteiger partial charge in [0.2, 0.25) is 0 Å². The van der Waals surface area contributed by atoms with Gasteiger partial charge in [-0.1, -0.05) is 30.3 Å². The van der Waals surface area contributed by atoms with E-state index in [0.29, 0.717) is 30.1 Å². The van der Waals surface area contributed by atoms with E-state index in [1.165, 1.54) is 17.2 Å². The summed E-state index contributed by atoms with van der Waals surface area (Å²) >= 11 is 0. The summed E-state index contributed by atoms with van der Waals surface area (Å²) in [7, 11) is 0. The largest absolute Gasteiger partial charge is 0.408 e. The highest BCUT2D eigenvalue weighted by Gasteiger charge is 2.46. The summed E-state index contributed by atoms with van der Waals surface area (Å²) in [6.45, 7) is 0.493. The molecule has 4 aromatic heterocycles. The van der Waals surface area contributed by atoms with Gasteiger partial charge in [-0.15, -0.1) is 47.4 Å². The Morgan fingerprint density at radius 2 is 1.74 bits per heavy atom. The topological polar surface area (TPSA) is 85.2 Å². The maximum atomic E-state index is 14.1. The highest BCUT2D eigenvalue weighted by atomic mass is 35.5. The summed E-state index contributed by atoms with van der Waals surface area (Å²) in [4.78, 5) is 10.3. The smallest absolute Gasteiger partial charge is 0.326 e. The van der Waals surface area contributed by atoms with Crippen LogP contribution in [0.5, 0.6) is 0 Å². The lowest BCUT2D eigenvalue weighted by Crippen LogP contribution is -2.38. The Morgan fingerprint density at radius 3 is 2.44 bits per heavy atom. The van der Waals surface area contributed by atoms with E-state index in [-0.39, 0.29) is 55.4 Å². The zero-order valence-corrected chi connectivity index (χ0v) is 22.8. The fraction of sp³-hybridized carbons (Fsp3) is 0.231. The number of halogens is 6. The van der Waals surface area contributed by atoms with Gasteiger partial charge in [0, 0.05) is 48.7 Å². The normalized spacial score (nSPS) is 16.4. The lowest BCUT2D eigenvalue weighted by Gasteiger charge is -2.30. The van der Waals surface area contributed by atoms with Gasteiger partial charge in [0.1, 0.15) is 11.7 Å². The first-order valence-electron chi connectivity index (χ1n) is 11.6. The summed E-state index contributed by atoms with van der Waals surface area (Å²) in [6.07, 6.45) is 1.05. The van der Waals surface area contributed by atoms with Crippen LogP contribution in [0.25, 0.3) is 39.2 Å². The van der Waals surface area contributed by atoms with E-state index in [4.69, 9.17) is 10.7 Å². The van der Waals surface area contributed by atoms with Gasteiger partial charge in [-0.3, -0.25) is 14.3 Å². The second-order valence-corrected chi connectivity index (χ2v) is 9.05. The first-order valence-corrected chi connectivity index (χ1v) is 11.6. The number of hydrogen-bond acceptors (Lipinski definition) is 6. The molecular formula is C26H25Cl3F3N7. The molecule has 1 fully saturated rings. The minimum Gasteiger partial charge on any atom is -0.326 e. The fourth-order valence-corrected chi connectivity index (χ4v) is 4.86. The average Bonchev–Trinajstić information content (AvgIpc) is 3.49. The number of benzene rings is 1. The van der Waals surface area contributed by atoms with Crippen molar-refractivity contribution < 1.29 is 13.2 Å². The van der Waals surface area contributed by atoms with E-state index in [1.807, 2.05) is 36.4 Å². The van der Waals surface area contributed by atoms with E-state index in [9.17, 15) is 13.2 Å². The van der Waals surface area contributed by atoms with Gasteiger partial charge in [-0.2, -0.15) is 13.2 Å². The van der Waals surface area contributed by atoms with Crippen LogP contribution < -0.4 is 5.73 Å². The summed E-state index contributed by atoms with van der Waals surface area (Å²) in [5.74, 6) is 0.375. The first kappa shape index (κ1) is 30.5. The molecule has 1 aromatic carbocycles. The summed E-state index contributed by atoms with van der Waals surface area (Å²) < 4.78 is 44.0. The van der Waals surface area contributed by atoms with Crippen LogP contribution in [0.3, 0.4) is 0 Å². The van der Waals surface area contributed by atoms with Gasteiger partial charge < -0.3 is 5.73 Å². The van der Waals surface area contributed by atoms with Crippen LogP contribution in [-0.2, 0) is 0 Å². The molecule has 13 heteroatoms. The van der Waals surface area contributed by atoms with E-state index in [0.717, 1.165) is 22.0 Å². The molecule has 6 rings (SSSR count). The molecule has 39 heavy (non-hydrogen) atoms. The maximum Gasteiger partial charge on any atom is 0.408 e. The Kier molecular flexibility index (Phi) is 9.40. The molecule has 1 aliphatic heterocycles. The number of rotatable bonds is 4. The third-order valence-electron chi connectivity index (χ3n) is 6.59. The van der Waals surface area contributed by atoms with Crippen LogP contribution in [0.1, 0.15) is 18.0 Å². The Bertz CT molecular complexity index is 1560. The maximum absolute atomic E-state index is 14.1. The summed E-state index contributed by atoms with van der Waals surface area (Å²) in [5, 5.41) is 9.35. The van der Waals surface area contributed by atoms with Crippen LogP contribution in [0, 0.1) is 0 Å². The predicted molar refractivity (Wildman–Crippen MR) is 152 cm³/mol. The zero-order valence-electron chi connectivity index (χ0n) is 20.3. The number of likely N-dealkylation sites (tertiary alicyclic amines) is 1. The molecule has 2 atom stereocenters. The lowest BCUT2D eigenvalue weighted by atomic mass is 10.1. The number of hydrogen-bond donors (Lipinski definition) is 1. The van der Waals surface area contributed by atoms with Gasteiger partial charge in [0.15, 0.2) is 11.5 Å². The van der Waals surface area contributed by atoms with Crippen molar-refractivity contribution in [2.24, 2.45) is 5.73 Å². The number of aromatic nitrogens is 5. The Hall–Kier alpha value is -3.02. The second-order valence-electron chi connectivity index (χ2n) is 9.05. The molecule has 206 valence electrons. The number of nitrogens with zero attached hydrogens (tertiary/aromatic N) is 6. The molecule has 7 nitrogen and oxygen atoms in total. The second kappa shape index (κ2) is 12.0. The van der Waals surface area contributed by atoms with E-state index >= 15 is 0 Å². The van der Waals surface area contributed by atoms with Crippen molar-refractivity contribution in [3.63, 3.8) is 0 Å². The fourth-order valence-electron chi connectivity index (χ4n) is 4.86. The molecule has 1 saturated heterocycles. The average molecular weight is 599 g/mol. The molecule has 0 radical (unpaired) electrons. The van der Waals surface area contributed by atoms with Gasteiger partial charge in [0.25, 0.3) is 0 Å². The SMILES string of the molecule is Cl.Cl.Cl.N[C@H]1CCN(C(c2ccc3nnc(-c4ccc5ccc(-c6cccnc6)cc5n4)n3c2)C(F)(F)F)C1. The quantitative estimate of drug-likeness (QED) is 0.277. The van der Waals surface area contributed by atoms with E-state index in [1.54, 1.807) is 28.9 Å². The molecule has 0 amide bonds. The monoisotopic (exact) mass is 597 g/mol. The zero-order chi connectivity index (χ0) is 24.9. The Morgan fingerprint density at radius 1 is 0.949 bits per heavy atom. The van der Waals surface area contributed by atoms with Gasteiger partial charge in [-0.25, -0.2) is 4.98 Å². The van der Waals surface area contributed by atoms with Crippen molar-refractivity contribution in [3.8, 4) is 22.6 Å². The van der Waals surface area contributed by atoms with Crippen molar-refractivity contribution in [3.05, 3.63) is 78.8 Å². The van der Waals surface area contributed by atoms with Crippen molar-refractivity contribution in [1.82, 2.24) is 29.5 Å². The highest BCUT2D eigenvalue weighted by molar-refractivity contribution is 5.86. The molecule has 0 spiro atoms. The van der Waals surface area contributed by atoms with Crippen LogP contribution in [0.2, 0.25) is 0 Å². The third-order valence-corrected chi connectivity index (χ3v) is 6.59. The summed E-state index contributed by atoms with van der Waals surface area (Å²) in [6, 6.07) is 14.5. The third kappa shape index (κ3) is 5.95. The molecule has 0 bridgehead atoms. The highest BCUT2D eigenvalue weighted by Crippen LogP contribution is 2.39. The van der Waals surface area contributed by atoms with Crippen molar-refractivity contribution >= 4 is 53.8 Å². The molecular weight excluding hydrogens is 574 g/mol. The Labute approximate surface area is 240 Å². The van der Waals surface area contributed by atoms with Crippen LogP contribution >= 0.6 is 37.2 Å². The number of pyridine rings is 3. The van der Waals surface area contributed by atoms with Crippen LogP contribution in [0.15, 0.2) is 73.2 Å². The minimum absolute atomic E-state index is 0. The molecule has 5 aromatic rings. The number of fused-ring (bicyclic) bond motifs is 2. The molecule has 0 aliphatic carbocycles. The van der Waals surface area contributed by atoms with Gasteiger partial charge >= 0.3 is 6.18 Å². The molecule has 1 unspecified atom stereocenters. The lowest BCUT2D eigenvalue weighted by molar-refractivity contribution is -0.183. The number of nitrogens with two attached hydrogens (primary N) is 1. The molecule has 0 saturated carbocycles. The van der Waals surface area contributed by atoms with Crippen molar-refractivity contribution in [2.45, 2.75) is 24.7 Å². The van der Waals surface area contributed by atoms with Crippen LogP contribution in [-0.4, -0.2) is 54.8 Å². The summed E-state index contributed by atoms with van der Waals surface area (Å²) in [5.41, 5.74) is 9.64. The molecule has 2 N–H and O–H groups in total. The van der Waals surface area contributed by atoms with E-state index in [2.05, 4.69) is 15.2 Å². The molecule has 5 heterocycles. The minimum atomic E-state index is -4.45. The first-order chi connectivity index (χ1) is 17.4. The van der Waals surface area contributed by atoms with Crippen LogP contribution in [0.4, 0.5) is 13.2 Å². The van der Waals surface area contributed by atoms with E-state index < -0.39 is 12.2 Å². The molecule has 1 aliphatic rings. The van der Waals surface area contributed by atoms with Crippen molar-refractivity contribution in [2.75, 3.05) is 13.1 Å². The predicted octanol–water partition coefficient (Wildman–Crippen LogP) is 5.91. The van der Waals surface area contributed by atoms with Gasteiger partial charge in [-0.05, 0) is 41.8 Å². The Balaban J connectivity index is 0.00000140.